The average molecular weight is 949 g/mol. The Kier molecular flexibility index (Phi) is 18.7. The number of azide groups is 2. The highest BCUT2D eigenvalue weighted by Gasteiger charge is 2.51. The van der Waals surface area contributed by atoms with Gasteiger partial charge in [-0.2, -0.15) is 0 Å². The molecule has 0 unspecified atom stereocenters. The molecule has 2 aliphatic rings. The van der Waals surface area contributed by atoms with Gasteiger partial charge in [0, 0.05) is 14.7 Å². The summed E-state index contributed by atoms with van der Waals surface area (Å²) in [5.74, 6) is 0. The molecule has 2 fully saturated rings. The molecule has 0 saturated carbocycles. The summed E-state index contributed by atoms with van der Waals surface area (Å²) in [4.78, 5) is 7.51. The molecule has 6 aromatic carbocycles. The molecule has 15 heteroatoms. The Morgan fingerprint density at radius 1 is 0.449 bits per heavy atom. The van der Waals surface area contributed by atoms with Crippen molar-refractivity contribution < 1.29 is 37.9 Å². The van der Waals surface area contributed by atoms with Gasteiger partial charge in [-0.05, 0) is 57.9 Å². The largest absolute Gasteiger partial charge is 0.374 e. The maximum atomic E-state index is 10.2. The van der Waals surface area contributed by atoms with E-state index in [0.717, 1.165) is 38.3 Å². The molecule has 0 aliphatic carbocycles. The second kappa shape index (κ2) is 26.1. The number of ether oxygens (including phenoxy) is 8. The monoisotopic (exact) mass is 948 g/mol. The number of thioether (sulfide) groups is 1. The summed E-state index contributed by atoms with van der Waals surface area (Å²) in [7, 11) is 0. The number of nitrogens with zero attached hydrogens (tertiary/aromatic N) is 6. The predicted molar refractivity (Wildman–Crippen MR) is 262 cm³/mol. The molecule has 6 aromatic rings. The zero-order chi connectivity index (χ0) is 47.5. The van der Waals surface area contributed by atoms with E-state index in [1.54, 1.807) is 0 Å². The summed E-state index contributed by atoms with van der Waals surface area (Å²) in [5.41, 5.74) is 25.3. The van der Waals surface area contributed by atoms with E-state index >= 15 is 0 Å². The zero-order valence-electron chi connectivity index (χ0n) is 38.3. The lowest BCUT2D eigenvalue weighted by Gasteiger charge is -2.47. The third kappa shape index (κ3) is 14.3. The minimum Gasteiger partial charge on any atom is -0.374 e. The Hall–Kier alpha value is -6.03. The fraction of sp³-hybridized carbons (Fsp3) is 0.333. The maximum absolute atomic E-state index is 10.2. The summed E-state index contributed by atoms with van der Waals surface area (Å²) in [6.07, 6.45) is -5.96. The van der Waals surface area contributed by atoms with Crippen LogP contribution in [0, 0.1) is 6.92 Å². The van der Waals surface area contributed by atoms with Gasteiger partial charge in [0.1, 0.15) is 48.0 Å². The molecule has 0 amide bonds. The summed E-state index contributed by atoms with van der Waals surface area (Å²) in [6, 6.07) is 55.2. The Labute approximate surface area is 407 Å². The topological polar surface area (TPSA) is 171 Å². The lowest BCUT2D eigenvalue weighted by atomic mass is 9.96. The first-order valence-corrected chi connectivity index (χ1v) is 23.9. The molecule has 8 rings (SSSR count). The number of benzene rings is 6. The quantitative estimate of drug-likeness (QED) is 0.0344. The fourth-order valence-corrected chi connectivity index (χ4v) is 9.42. The van der Waals surface area contributed by atoms with Crippen LogP contribution in [-0.2, 0) is 70.9 Å². The van der Waals surface area contributed by atoms with Gasteiger partial charge in [-0.15, -0.1) is 0 Å². The lowest BCUT2D eigenvalue weighted by Crippen LogP contribution is -2.62. The first-order valence-electron chi connectivity index (χ1n) is 23.0. The van der Waals surface area contributed by atoms with Crippen LogP contribution in [0.15, 0.2) is 191 Å². The highest BCUT2D eigenvalue weighted by atomic mass is 32.2. The van der Waals surface area contributed by atoms with Crippen LogP contribution in [-0.4, -0.2) is 73.6 Å². The van der Waals surface area contributed by atoms with Crippen molar-refractivity contribution in [3.05, 3.63) is 230 Å². The maximum Gasteiger partial charge on any atom is 0.169 e. The van der Waals surface area contributed by atoms with Gasteiger partial charge in [0.15, 0.2) is 6.29 Å². The van der Waals surface area contributed by atoms with Gasteiger partial charge in [0.2, 0.25) is 0 Å². The molecule has 356 valence electrons. The SMILES string of the molecule is Cc1ccc(S[C@H]2O[C@H](CO[C@@H]3O[C@H](COCc4ccccc4)[C@@H](OCc4ccccc4)[C@H](OCc4ccccc4)[C@H]3N=[N+]=[N-])[C@@H](OCc3ccccc3)[C@H](OCc3ccccc3)[C@H]2N=[N+]=[N-])cc1. The van der Waals surface area contributed by atoms with Crippen molar-refractivity contribution in [3.63, 3.8) is 0 Å². The molecular formula is C54H56N6O8S. The van der Waals surface area contributed by atoms with Gasteiger partial charge in [0.25, 0.3) is 0 Å². The molecule has 0 radical (unpaired) electrons. The van der Waals surface area contributed by atoms with Gasteiger partial charge in [-0.3, -0.25) is 0 Å². The second-order valence-electron chi connectivity index (χ2n) is 16.8. The fourth-order valence-electron chi connectivity index (χ4n) is 8.31. The third-order valence-corrected chi connectivity index (χ3v) is 13.0. The van der Waals surface area contributed by atoms with E-state index in [9.17, 15) is 11.1 Å². The van der Waals surface area contributed by atoms with Crippen LogP contribution in [0.4, 0.5) is 0 Å². The average Bonchev–Trinajstić information content (AvgIpc) is 3.39. The van der Waals surface area contributed by atoms with Crippen LogP contribution in [0.3, 0.4) is 0 Å². The van der Waals surface area contributed by atoms with Crippen molar-refractivity contribution in [1.82, 2.24) is 0 Å². The Morgan fingerprint density at radius 3 is 1.29 bits per heavy atom. The highest BCUT2D eigenvalue weighted by Crippen LogP contribution is 2.39. The van der Waals surface area contributed by atoms with Gasteiger partial charge in [-0.25, -0.2) is 0 Å². The van der Waals surface area contributed by atoms with Crippen molar-refractivity contribution >= 4 is 11.8 Å². The lowest BCUT2D eigenvalue weighted by molar-refractivity contribution is -0.297. The Balaban J connectivity index is 1.13. The predicted octanol–water partition coefficient (Wildman–Crippen LogP) is 11.5. The summed E-state index contributed by atoms with van der Waals surface area (Å²) in [5, 5.41) is 8.63. The number of hydrogen-bond acceptors (Lipinski definition) is 11. The summed E-state index contributed by atoms with van der Waals surface area (Å²) >= 11 is 1.42. The minimum atomic E-state index is -1.16. The van der Waals surface area contributed by atoms with E-state index in [4.69, 9.17) is 37.9 Å². The van der Waals surface area contributed by atoms with Crippen LogP contribution in [0.1, 0.15) is 33.4 Å². The van der Waals surface area contributed by atoms with Gasteiger partial charge >= 0.3 is 0 Å². The highest BCUT2D eigenvalue weighted by molar-refractivity contribution is 7.99. The first-order chi connectivity index (χ1) is 34.0. The number of rotatable bonds is 23. The molecular weight excluding hydrogens is 893 g/mol. The molecule has 2 heterocycles. The number of hydrogen-bond donors (Lipinski definition) is 0. The summed E-state index contributed by atoms with van der Waals surface area (Å²) in [6.45, 7) is 3.17. The zero-order valence-corrected chi connectivity index (χ0v) is 39.1. The van der Waals surface area contributed by atoms with E-state index in [2.05, 4.69) is 20.1 Å². The molecule has 0 aromatic heterocycles. The van der Waals surface area contributed by atoms with Crippen LogP contribution in [0.2, 0.25) is 0 Å². The smallest absolute Gasteiger partial charge is 0.169 e. The molecule has 0 N–H and O–H groups in total. The second-order valence-corrected chi connectivity index (χ2v) is 18.0. The van der Waals surface area contributed by atoms with Crippen molar-refractivity contribution in [2.75, 3.05) is 13.2 Å². The third-order valence-electron chi connectivity index (χ3n) is 11.8. The standard InChI is InChI=1S/C54H56N6O8S/c1-38-27-29-44(30-28-38)69-54-48(58-60-56)52(65-35-43-25-15-6-16-26-43)50(63-33-41-21-11-4-12-22-41)46(68-54)37-66-53-47(57-59-55)51(64-34-42-23-13-5-14-24-42)49(62-32-40-19-9-3-10-20-40)45(67-53)36-61-31-39-17-7-2-8-18-39/h2-30,45-54H,31-37H2,1H3/t45-,46-,47-,48-,49-,50-,51-,52-,53-,54-/m1/s1. The van der Waals surface area contributed by atoms with Gasteiger partial charge in [-0.1, -0.05) is 191 Å². The number of aryl methyl sites for hydroxylation is 1. The Bertz CT molecular complexity index is 2530. The van der Waals surface area contributed by atoms with Crippen molar-refractivity contribution in [2.24, 2.45) is 10.2 Å². The molecule has 10 atom stereocenters. The van der Waals surface area contributed by atoms with Crippen molar-refractivity contribution in [3.8, 4) is 0 Å². The molecule has 0 bridgehead atoms. The van der Waals surface area contributed by atoms with Crippen LogP contribution in [0.25, 0.3) is 20.9 Å². The van der Waals surface area contributed by atoms with Crippen molar-refractivity contribution in [2.45, 2.75) is 105 Å². The Morgan fingerprint density at radius 2 is 0.841 bits per heavy atom. The van der Waals surface area contributed by atoms with Gasteiger partial charge in [0.05, 0.1) is 52.4 Å². The van der Waals surface area contributed by atoms with Gasteiger partial charge < -0.3 is 37.9 Å². The molecule has 14 nitrogen and oxygen atoms in total. The summed E-state index contributed by atoms with van der Waals surface area (Å²) < 4.78 is 54.0. The minimum absolute atomic E-state index is 0.101. The van der Waals surface area contributed by atoms with E-state index in [1.807, 2.05) is 183 Å². The van der Waals surface area contributed by atoms with Crippen LogP contribution in [0.5, 0.6) is 0 Å². The van der Waals surface area contributed by atoms with Crippen LogP contribution >= 0.6 is 11.8 Å². The molecule has 2 aliphatic heterocycles. The van der Waals surface area contributed by atoms with E-state index < -0.39 is 60.4 Å². The van der Waals surface area contributed by atoms with E-state index in [0.29, 0.717) is 6.61 Å². The molecule has 2 saturated heterocycles. The van der Waals surface area contributed by atoms with E-state index in [1.165, 1.54) is 11.8 Å². The normalized spacial score (nSPS) is 24.4. The molecule has 69 heavy (non-hydrogen) atoms. The molecule has 0 spiro atoms. The van der Waals surface area contributed by atoms with Crippen molar-refractivity contribution in [1.29, 1.82) is 0 Å². The van der Waals surface area contributed by atoms with Crippen LogP contribution < -0.4 is 0 Å². The first kappa shape index (κ1) is 49.4. The van der Waals surface area contributed by atoms with E-state index in [-0.39, 0.29) is 39.6 Å².